The molecule has 0 heterocycles. The number of aliphatic hydroxyl groups excluding tert-OH is 1. The van der Waals surface area contributed by atoms with Crippen molar-refractivity contribution < 1.29 is 9.90 Å². The highest BCUT2D eigenvalue weighted by molar-refractivity contribution is 6.31. The van der Waals surface area contributed by atoms with Crippen LogP contribution in [0.4, 0.5) is 0 Å². The fraction of sp³-hybridized carbons (Fsp3) is 0.462. The average molecular weight is 256 g/mol. The Morgan fingerprint density at radius 3 is 2.65 bits per heavy atom. The third-order valence-electron chi connectivity index (χ3n) is 2.54. The van der Waals surface area contributed by atoms with Gasteiger partial charge in [0.1, 0.15) is 0 Å². The molecule has 1 aromatic carbocycles. The van der Waals surface area contributed by atoms with Crippen molar-refractivity contribution >= 4 is 17.5 Å². The van der Waals surface area contributed by atoms with Crippen molar-refractivity contribution in [2.24, 2.45) is 0 Å². The molecule has 1 amide bonds. The summed E-state index contributed by atoms with van der Waals surface area (Å²) in [4.78, 5) is 11.6. The molecule has 0 saturated carbocycles. The molecule has 0 saturated heterocycles. The van der Waals surface area contributed by atoms with Crippen LogP contribution in [0.2, 0.25) is 5.02 Å². The van der Waals surface area contributed by atoms with Crippen LogP contribution < -0.4 is 5.32 Å². The van der Waals surface area contributed by atoms with Crippen LogP contribution >= 0.6 is 11.6 Å². The second kappa shape index (κ2) is 6.62. The summed E-state index contributed by atoms with van der Waals surface area (Å²) in [6, 6.07) is 7.32. The molecular formula is C13H18ClNO2. The van der Waals surface area contributed by atoms with Crippen LogP contribution in [0.5, 0.6) is 0 Å². The number of carbonyl (C=O) groups excluding carboxylic acids is 1. The number of carbonyl (C=O) groups is 1. The van der Waals surface area contributed by atoms with E-state index in [0.717, 1.165) is 5.56 Å². The molecule has 0 aromatic heterocycles. The first-order valence-corrected chi connectivity index (χ1v) is 6.10. The minimum absolute atomic E-state index is 0.0710. The molecule has 0 aliphatic carbocycles. The van der Waals surface area contributed by atoms with Crippen LogP contribution in [0, 0.1) is 0 Å². The first kappa shape index (κ1) is 14.0. The lowest BCUT2D eigenvalue weighted by Crippen LogP contribution is -2.27. The summed E-state index contributed by atoms with van der Waals surface area (Å²) in [5.74, 6) is -0.0710. The summed E-state index contributed by atoms with van der Waals surface area (Å²) in [6.45, 7) is 3.56. The quantitative estimate of drug-likeness (QED) is 0.850. The van der Waals surface area contributed by atoms with Gasteiger partial charge in [-0.2, -0.15) is 0 Å². The molecule has 2 unspecified atom stereocenters. The van der Waals surface area contributed by atoms with E-state index in [9.17, 15) is 4.79 Å². The normalized spacial score (nSPS) is 14.1. The maximum atomic E-state index is 11.6. The lowest BCUT2D eigenvalue weighted by atomic mass is 10.1. The molecule has 2 atom stereocenters. The molecular weight excluding hydrogens is 238 g/mol. The third kappa shape index (κ3) is 4.75. The smallest absolute Gasteiger partial charge is 0.220 e. The molecule has 2 N–H and O–H groups in total. The summed E-state index contributed by atoms with van der Waals surface area (Å²) in [5.41, 5.74) is 0.902. The highest BCUT2D eigenvalue weighted by Gasteiger charge is 2.12. The van der Waals surface area contributed by atoms with Crippen molar-refractivity contribution in [1.29, 1.82) is 0 Å². The highest BCUT2D eigenvalue weighted by atomic mass is 35.5. The molecule has 4 heteroatoms. The maximum absolute atomic E-state index is 11.6. The van der Waals surface area contributed by atoms with Crippen LogP contribution in [-0.2, 0) is 4.79 Å². The first-order valence-electron chi connectivity index (χ1n) is 5.72. The van der Waals surface area contributed by atoms with Crippen molar-refractivity contribution in [2.45, 2.75) is 38.8 Å². The molecule has 0 radical (unpaired) electrons. The van der Waals surface area contributed by atoms with E-state index in [0.29, 0.717) is 17.9 Å². The lowest BCUT2D eigenvalue weighted by Gasteiger charge is -2.15. The zero-order valence-corrected chi connectivity index (χ0v) is 10.9. The zero-order valence-electron chi connectivity index (χ0n) is 10.1. The van der Waals surface area contributed by atoms with Gasteiger partial charge in [-0.15, -0.1) is 0 Å². The number of hydrogen-bond donors (Lipinski definition) is 2. The summed E-state index contributed by atoms with van der Waals surface area (Å²) in [7, 11) is 0. The van der Waals surface area contributed by atoms with E-state index in [-0.39, 0.29) is 11.9 Å². The number of aliphatic hydroxyl groups is 1. The fourth-order valence-electron chi connectivity index (χ4n) is 1.56. The highest BCUT2D eigenvalue weighted by Crippen LogP contribution is 2.22. The minimum atomic E-state index is -0.448. The summed E-state index contributed by atoms with van der Waals surface area (Å²) in [6.07, 6.45) is 0.351. The predicted molar refractivity (Wildman–Crippen MR) is 68.9 cm³/mol. The van der Waals surface area contributed by atoms with E-state index < -0.39 is 6.10 Å². The van der Waals surface area contributed by atoms with E-state index in [1.165, 1.54) is 0 Å². The number of amides is 1. The molecule has 0 spiro atoms. The SMILES string of the molecule is CC(O)CCC(=O)NC(C)c1ccccc1Cl. The van der Waals surface area contributed by atoms with Crippen LogP contribution in [0.3, 0.4) is 0 Å². The fourth-order valence-corrected chi connectivity index (χ4v) is 1.86. The third-order valence-corrected chi connectivity index (χ3v) is 2.88. The van der Waals surface area contributed by atoms with Gasteiger partial charge in [-0.25, -0.2) is 0 Å². The van der Waals surface area contributed by atoms with Crippen molar-refractivity contribution in [3.05, 3.63) is 34.9 Å². The van der Waals surface area contributed by atoms with E-state index >= 15 is 0 Å². The van der Waals surface area contributed by atoms with Crippen molar-refractivity contribution in [3.8, 4) is 0 Å². The van der Waals surface area contributed by atoms with Gasteiger partial charge in [0.2, 0.25) is 5.91 Å². The standard InChI is InChI=1S/C13H18ClNO2/c1-9(16)7-8-13(17)15-10(2)11-5-3-4-6-12(11)14/h3-6,9-10,16H,7-8H2,1-2H3,(H,15,17). The largest absolute Gasteiger partial charge is 0.393 e. The predicted octanol–water partition coefficient (Wildman–Crippen LogP) is 2.68. The van der Waals surface area contributed by atoms with Gasteiger partial charge >= 0.3 is 0 Å². The first-order chi connectivity index (χ1) is 8.00. The van der Waals surface area contributed by atoms with Gasteiger partial charge in [0.15, 0.2) is 0 Å². The van der Waals surface area contributed by atoms with Gasteiger partial charge in [-0.3, -0.25) is 4.79 Å². The van der Waals surface area contributed by atoms with E-state index in [4.69, 9.17) is 16.7 Å². The van der Waals surface area contributed by atoms with E-state index in [1.54, 1.807) is 13.0 Å². The molecule has 17 heavy (non-hydrogen) atoms. The van der Waals surface area contributed by atoms with Gasteiger partial charge in [-0.1, -0.05) is 29.8 Å². The number of rotatable bonds is 5. The summed E-state index contributed by atoms with van der Waals surface area (Å²) < 4.78 is 0. The van der Waals surface area contributed by atoms with E-state index in [2.05, 4.69) is 5.32 Å². The van der Waals surface area contributed by atoms with Crippen LogP contribution in [-0.4, -0.2) is 17.1 Å². The number of halogens is 1. The topological polar surface area (TPSA) is 49.3 Å². The lowest BCUT2D eigenvalue weighted by molar-refractivity contribution is -0.122. The number of benzene rings is 1. The summed E-state index contributed by atoms with van der Waals surface area (Å²) >= 11 is 6.04. The molecule has 0 aliphatic rings. The maximum Gasteiger partial charge on any atom is 0.220 e. The van der Waals surface area contributed by atoms with Gasteiger partial charge in [0, 0.05) is 11.4 Å². The molecule has 1 aromatic rings. The Hall–Kier alpha value is -1.06. The number of nitrogens with one attached hydrogen (secondary N) is 1. The van der Waals surface area contributed by atoms with Gasteiger partial charge < -0.3 is 10.4 Å². The van der Waals surface area contributed by atoms with Crippen molar-refractivity contribution in [3.63, 3.8) is 0 Å². The second-order valence-electron chi connectivity index (χ2n) is 4.20. The van der Waals surface area contributed by atoms with Gasteiger partial charge in [0.05, 0.1) is 12.1 Å². The minimum Gasteiger partial charge on any atom is -0.393 e. The van der Waals surface area contributed by atoms with Crippen LogP contribution in [0.25, 0.3) is 0 Å². The van der Waals surface area contributed by atoms with Crippen LogP contribution in [0.1, 0.15) is 38.3 Å². The Kier molecular flexibility index (Phi) is 5.45. The molecule has 94 valence electrons. The summed E-state index contributed by atoms with van der Waals surface area (Å²) in [5, 5.41) is 12.6. The number of hydrogen-bond acceptors (Lipinski definition) is 2. The Morgan fingerprint density at radius 1 is 1.41 bits per heavy atom. The van der Waals surface area contributed by atoms with E-state index in [1.807, 2.05) is 25.1 Å². The molecule has 3 nitrogen and oxygen atoms in total. The Morgan fingerprint density at radius 2 is 2.06 bits per heavy atom. The molecule has 0 aliphatic heterocycles. The molecule has 0 fully saturated rings. The van der Waals surface area contributed by atoms with Gasteiger partial charge in [0.25, 0.3) is 0 Å². The second-order valence-corrected chi connectivity index (χ2v) is 4.61. The monoisotopic (exact) mass is 255 g/mol. The molecule has 1 rings (SSSR count). The molecule has 0 bridgehead atoms. The Balaban J connectivity index is 2.52. The Labute approximate surface area is 107 Å². The van der Waals surface area contributed by atoms with Crippen molar-refractivity contribution in [1.82, 2.24) is 5.32 Å². The zero-order chi connectivity index (χ0) is 12.8. The van der Waals surface area contributed by atoms with Gasteiger partial charge in [-0.05, 0) is 31.9 Å². The Bertz CT molecular complexity index is 379. The van der Waals surface area contributed by atoms with Crippen LogP contribution in [0.15, 0.2) is 24.3 Å². The average Bonchev–Trinajstić information content (AvgIpc) is 2.26. The van der Waals surface area contributed by atoms with Crippen molar-refractivity contribution in [2.75, 3.05) is 0 Å².